The molecule has 2 aromatic rings. The zero-order valence-corrected chi connectivity index (χ0v) is 10.8. The maximum atomic E-state index is 12.2. The van der Waals surface area contributed by atoms with Crippen molar-refractivity contribution in [3.63, 3.8) is 0 Å². The van der Waals surface area contributed by atoms with Crippen molar-refractivity contribution in [2.24, 2.45) is 5.92 Å². The number of ketones is 1. The van der Waals surface area contributed by atoms with Crippen molar-refractivity contribution in [2.45, 2.75) is 12.8 Å². The van der Waals surface area contributed by atoms with Crippen LogP contribution in [0.3, 0.4) is 0 Å². The third-order valence-corrected chi connectivity index (χ3v) is 4.14. The molecule has 0 saturated carbocycles. The maximum Gasteiger partial charge on any atom is 0.144 e. The van der Waals surface area contributed by atoms with Gasteiger partial charge in [-0.3, -0.25) is 4.79 Å². The average molecular weight is 258 g/mol. The minimum atomic E-state index is 0.00185. The fourth-order valence-corrected chi connectivity index (χ4v) is 2.98. The van der Waals surface area contributed by atoms with E-state index in [9.17, 15) is 4.79 Å². The molecule has 1 atom stereocenters. The minimum Gasteiger partial charge on any atom is -0.493 e. The van der Waals surface area contributed by atoms with Crippen LogP contribution in [0.1, 0.15) is 10.4 Å². The molecular weight excluding hydrogens is 244 g/mol. The highest BCUT2D eigenvalue weighted by Gasteiger charge is 2.25. The highest BCUT2D eigenvalue weighted by atomic mass is 32.1. The molecule has 2 nitrogen and oxygen atoms in total. The number of carbonyl (C=O) groups is 1. The summed E-state index contributed by atoms with van der Waals surface area (Å²) in [6, 6.07) is 12.0. The Bertz CT molecular complexity index is 545. The van der Waals surface area contributed by atoms with E-state index < -0.39 is 0 Å². The van der Waals surface area contributed by atoms with Crippen LogP contribution < -0.4 is 4.74 Å². The molecule has 3 rings (SSSR count). The van der Waals surface area contributed by atoms with Gasteiger partial charge >= 0.3 is 0 Å². The fraction of sp³-hybridized carbons (Fsp3) is 0.267. The van der Waals surface area contributed by atoms with Gasteiger partial charge in [0.05, 0.1) is 12.5 Å². The Labute approximate surface area is 110 Å². The van der Waals surface area contributed by atoms with Crippen LogP contribution in [0.25, 0.3) is 0 Å². The Morgan fingerprint density at radius 2 is 2.17 bits per heavy atom. The number of Topliss-reactive ketones (excluding diaryl/α,β-unsaturated/α-hetero) is 1. The molecule has 1 aromatic carbocycles. The first kappa shape index (κ1) is 11.5. The molecule has 18 heavy (non-hydrogen) atoms. The molecule has 92 valence electrons. The molecule has 0 bridgehead atoms. The quantitative estimate of drug-likeness (QED) is 0.845. The highest BCUT2D eigenvalue weighted by molar-refractivity contribution is 7.10. The summed E-state index contributed by atoms with van der Waals surface area (Å²) in [6.07, 6.45) is 1.34. The lowest BCUT2D eigenvalue weighted by Gasteiger charge is -2.24. The standard InChI is InChI=1S/C15H14O2S/c16-14(9-13-5-3-7-18-13)12-8-11-4-1-2-6-15(11)17-10-12/h1-7,12H,8-10H2. The predicted molar refractivity (Wildman–Crippen MR) is 72.2 cm³/mol. The smallest absolute Gasteiger partial charge is 0.144 e. The lowest BCUT2D eigenvalue weighted by atomic mass is 9.91. The predicted octanol–water partition coefficient (Wildman–Crippen LogP) is 3.11. The van der Waals surface area contributed by atoms with Crippen molar-refractivity contribution in [2.75, 3.05) is 6.61 Å². The molecule has 0 radical (unpaired) electrons. The van der Waals surface area contributed by atoms with Crippen LogP contribution >= 0.6 is 11.3 Å². The number of fused-ring (bicyclic) bond motifs is 1. The van der Waals surface area contributed by atoms with Gasteiger partial charge in [0.2, 0.25) is 0 Å². The van der Waals surface area contributed by atoms with Gasteiger partial charge < -0.3 is 4.74 Å². The maximum absolute atomic E-state index is 12.2. The third-order valence-electron chi connectivity index (χ3n) is 3.26. The van der Waals surface area contributed by atoms with Crippen LogP contribution in [0.2, 0.25) is 0 Å². The molecule has 0 amide bonds. The zero-order chi connectivity index (χ0) is 12.4. The fourth-order valence-electron chi connectivity index (χ4n) is 2.26. The van der Waals surface area contributed by atoms with Gasteiger partial charge in [0, 0.05) is 11.3 Å². The molecule has 0 aliphatic carbocycles. The summed E-state index contributed by atoms with van der Waals surface area (Å²) in [5, 5.41) is 2.01. The van der Waals surface area contributed by atoms with Gasteiger partial charge in [-0.05, 0) is 29.5 Å². The molecule has 3 heteroatoms. The summed E-state index contributed by atoms with van der Waals surface area (Å²) in [6.45, 7) is 0.515. The van der Waals surface area contributed by atoms with Crippen molar-refractivity contribution >= 4 is 17.1 Å². The van der Waals surface area contributed by atoms with E-state index in [0.717, 1.165) is 22.6 Å². The molecule has 0 saturated heterocycles. The Hall–Kier alpha value is -1.61. The Balaban J connectivity index is 1.70. The van der Waals surface area contributed by atoms with Crippen LogP contribution in [0.5, 0.6) is 5.75 Å². The molecule has 0 spiro atoms. The van der Waals surface area contributed by atoms with E-state index in [1.807, 2.05) is 41.8 Å². The lowest BCUT2D eigenvalue weighted by molar-refractivity contribution is -0.123. The number of benzene rings is 1. The van der Waals surface area contributed by atoms with Crippen molar-refractivity contribution in [3.05, 3.63) is 52.2 Å². The van der Waals surface area contributed by atoms with E-state index in [-0.39, 0.29) is 11.7 Å². The number of carbonyl (C=O) groups excluding carboxylic acids is 1. The highest BCUT2D eigenvalue weighted by Crippen LogP contribution is 2.28. The summed E-state index contributed by atoms with van der Waals surface area (Å²) in [5.41, 5.74) is 1.15. The van der Waals surface area contributed by atoms with Crippen LogP contribution in [-0.2, 0) is 17.6 Å². The van der Waals surface area contributed by atoms with E-state index in [2.05, 4.69) is 0 Å². The summed E-state index contributed by atoms with van der Waals surface area (Å²) >= 11 is 1.64. The van der Waals surface area contributed by atoms with Crippen LogP contribution in [0.15, 0.2) is 41.8 Å². The van der Waals surface area contributed by atoms with Gasteiger partial charge in [-0.15, -0.1) is 11.3 Å². The van der Waals surface area contributed by atoms with Crippen molar-refractivity contribution in [1.82, 2.24) is 0 Å². The Morgan fingerprint density at radius 3 is 3.00 bits per heavy atom. The molecule has 0 N–H and O–H groups in total. The number of hydrogen-bond acceptors (Lipinski definition) is 3. The van der Waals surface area contributed by atoms with E-state index in [0.29, 0.717) is 13.0 Å². The normalized spacial score (nSPS) is 17.9. The molecule has 1 unspecified atom stereocenters. The summed E-state index contributed by atoms with van der Waals surface area (Å²) in [7, 11) is 0. The first-order chi connectivity index (χ1) is 8.83. The summed E-state index contributed by atoms with van der Waals surface area (Å²) in [5.74, 6) is 1.21. The van der Waals surface area contributed by atoms with Crippen molar-refractivity contribution < 1.29 is 9.53 Å². The van der Waals surface area contributed by atoms with Crippen LogP contribution in [-0.4, -0.2) is 12.4 Å². The Morgan fingerprint density at radius 1 is 1.28 bits per heavy atom. The molecular formula is C15H14O2S. The largest absolute Gasteiger partial charge is 0.493 e. The van der Waals surface area contributed by atoms with Crippen LogP contribution in [0.4, 0.5) is 0 Å². The van der Waals surface area contributed by atoms with E-state index in [1.165, 1.54) is 0 Å². The molecule has 1 aliphatic rings. The average Bonchev–Trinajstić information content (AvgIpc) is 2.91. The second kappa shape index (κ2) is 4.94. The van der Waals surface area contributed by atoms with Gasteiger partial charge in [0.15, 0.2) is 0 Å². The number of rotatable bonds is 3. The van der Waals surface area contributed by atoms with Gasteiger partial charge in [-0.2, -0.15) is 0 Å². The first-order valence-corrected chi connectivity index (χ1v) is 6.96. The van der Waals surface area contributed by atoms with Crippen molar-refractivity contribution in [3.8, 4) is 5.75 Å². The number of hydrogen-bond donors (Lipinski definition) is 0. The SMILES string of the molecule is O=C(Cc1cccs1)C1COc2ccccc2C1. The lowest BCUT2D eigenvalue weighted by Crippen LogP contribution is -2.29. The molecule has 0 fully saturated rings. The molecule has 1 aromatic heterocycles. The number of para-hydroxylation sites is 1. The third kappa shape index (κ3) is 2.31. The van der Waals surface area contributed by atoms with E-state index >= 15 is 0 Å². The van der Waals surface area contributed by atoms with Crippen molar-refractivity contribution in [1.29, 1.82) is 0 Å². The minimum absolute atomic E-state index is 0.00185. The van der Waals surface area contributed by atoms with E-state index in [1.54, 1.807) is 11.3 Å². The van der Waals surface area contributed by atoms with Gasteiger partial charge in [0.25, 0.3) is 0 Å². The topological polar surface area (TPSA) is 26.3 Å². The number of ether oxygens (including phenoxy) is 1. The monoisotopic (exact) mass is 258 g/mol. The molecule has 2 heterocycles. The van der Waals surface area contributed by atoms with E-state index in [4.69, 9.17) is 4.74 Å². The second-order valence-corrected chi connectivity index (χ2v) is 5.57. The molecule has 1 aliphatic heterocycles. The Kier molecular flexibility index (Phi) is 3.15. The summed E-state index contributed by atoms with van der Waals surface area (Å²) < 4.78 is 5.66. The van der Waals surface area contributed by atoms with Gasteiger partial charge in [0.1, 0.15) is 11.5 Å². The van der Waals surface area contributed by atoms with Gasteiger partial charge in [-0.1, -0.05) is 24.3 Å². The first-order valence-electron chi connectivity index (χ1n) is 6.09. The zero-order valence-electron chi connectivity index (χ0n) is 9.96. The summed E-state index contributed by atoms with van der Waals surface area (Å²) in [4.78, 5) is 13.3. The van der Waals surface area contributed by atoms with Gasteiger partial charge in [-0.25, -0.2) is 0 Å². The number of thiophene rings is 1. The van der Waals surface area contributed by atoms with Crippen LogP contribution in [0, 0.1) is 5.92 Å². The second-order valence-electron chi connectivity index (χ2n) is 4.54.